The molecule has 0 spiro atoms. The van der Waals surface area contributed by atoms with Gasteiger partial charge in [-0.05, 0) is 42.2 Å². The summed E-state index contributed by atoms with van der Waals surface area (Å²) in [6.45, 7) is 3.56. The number of ketones is 2. The van der Waals surface area contributed by atoms with Crippen LogP contribution in [0.2, 0.25) is 0 Å². The predicted octanol–water partition coefficient (Wildman–Crippen LogP) is 4.49. The second kappa shape index (κ2) is 8.21. The van der Waals surface area contributed by atoms with Crippen LogP contribution in [0.1, 0.15) is 53.6 Å². The normalized spacial score (nSPS) is 16.8. The van der Waals surface area contributed by atoms with E-state index in [9.17, 15) is 19.5 Å². The van der Waals surface area contributed by atoms with Crippen molar-refractivity contribution in [1.29, 1.82) is 0 Å². The van der Waals surface area contributed by atoms with E-state index >= 15 is 0 Å². The number of aliphatic hydroxyl groups is 1. The minimum absolute atomic E-state index is 0.0409. The van der Waals surface area contributed by atoms with E-state index < -0.39 is 0 Å². The summed E-state index contributed by atoms with van der Waals surface area (Å²) in [5.74, 6) is -1.10. The first kappa shape index (κ1) is 19.5. The van der Waals surface area contributed by atoms with Gasteiger partial charge in [0.15, 0.2) is 11.6 Å². The summed E-state index contributed by atoms with van der Waals surface area (Å²) in [6, 6.07) is 14.6. The second-order valence-corrected chi connectivity index (χ2v) is 7.02. The van der Waals surface area contributed by atoms with Crippen LogP contribution >= 0.6 is 0 Å². The van der Waals surface area contributed by atoms with Gasteiger partial charge in [-0.1, -0.05) is 37.3 Å². The molecule has 0 fully saturated rings. The molecular formula is C23H23NO4. The van der Waals surface area contributed by atoms with Gasteiger partial charge in [0.05, 0.1) is 5.57 Å². The number of aryl methyl sites for hydroxylation is 1. The van der Waals surface area contributed by atoms with Crippen molar-refractivity contribution in [3.8, 4) is 0 Å². The maximum absolute atomic E-state index is 12.4. The molecule has 0 aromatic heterocycles. The number of Topliss-reactive ketones (excluding diaryl/α,β-unsaturated/α-hetero) is 2. The molecule has 0 heterocycles. The first-order valence-corrected chi connectivity index (χ1v) is 9.36. The molecule has 28 heavy (non-hydrogen) atoms. The molecular weight excluding hydrogens is 354 g/mol. The molecule has 0 bridgehead atoms. The molecule has 2 N–H and O–H groups in total. The molecule has 1 atom stereocenters. The van der Waals surface area contributed by atoms with Crippen LogP contribution in [0.3, 0.4) is 0 Å². The third-order valence-electron chi connectivity index (χ3n) is 5.07. The number of carbonyl (C=O) groups excluding carboxylic acids is 3. The fourth-order valence-electron chi connectivity index (χ4n) is 3.49. The Morgan fingerprint density at radius 2 is 1.75 bits per heavy atom. The number of benzene rings is 2. The maximum atomic E-state index is 12.4. The molecule has 1 aliphatic carbocycles. The van der Waals surface area contributed by atoms with Crippen LogP contribution in [-0.4, -0.2) is 22.6 Å². The van der Waals surface area contributed by atoms with Crippen molar-refractivity contribution in [2.75, 3.05) is 5.32 Å². The van der Waals surface area contributed by atoms with Crippen molar-refractivity contribution in [2.45, 2.75) is 39.0 Å². The summed E-state index contributed by atoms with van der Waals surface area (Å²) in [5, 5.41) is 13.0. The summed E-state index contributed by atoms with van der Waals surface area (Å²) in [5.41, 5.74) is 3.02. The van der Waals surface area contributed by atoms with E-state index in [4.69, 9.17) is 0 Å². The van der Waals surface area contributed by atoms with Crippen molar-refractivity contribution in [1.82, 2.24) is 0 Å². The Bertz CT molecular complexity index is 957. The highest BCUT2D eigenvalue weighted by Crippen LogP contribution is 2.34. The van der Waals surface area contributed by atoms with Crippen LogP contribution in [0.5, 0.6) is 0 Å². The Hall–Kier alpha value is -3.21. The summed E-state index contributed by atoms with van der Waals surface area (Å²) >= 11 is 0. The zero-order chi connectivity index (χ0) is 20.3. The van der Waals surface area contributed by atoms with Crippen LogP contribution in [0.15, 0.2) is 59.9 Å². The van der Waals surface area contributed by atoms with E-state index in [0.717, 1.165) is 11.1 Å². The summed E-state index contributed by atoms with van der Waals surface area (Å²) in [4.78, 5) is 36.5. The molecule has 144 valence electrons. The molecule has 2 aromatic rings. The van der Waals surface area contributed by atoms with Crippen molar-refractivity contribution in [3.05, 3.63) is 76.6 Å². The van der Waals surface area contributed by atoms with Crippen molar-refractivity contribution in [2.24, 2.45) is 0 Å². The van der Waals surface area contributed by atoms with E-state index in [1.54, 1.807) is 25.1 Å². The molecule has 0 saturated heterocycles. The molecule has 5 heteroatoms. The van der Waals surface area contributed by atoms with Gasteiger partial charge in [0.2, 0.25) is 0 Å². The fourth-order valence-corrected chi connectivity index (χ4v) is 3.49. The second-order valence-electron chi connectivity index (χ2n) is 7.02. The van der Waals surface area contributed by atoms with Crippen LogP contribution in [0.4, 0.5) is 5.69 Å². The van der Waals surface area contributed by atoms with E-state index in [2.05, 4.69) is 5.32 Å². The molecule has 1 unspecified atom stereocenters. The van der Waals surface area contributed by atoms with Gasteiger partial charge in [-0.2, -0.15) is 0 Å². The molecule has 1 aliphatic rings. The smallest absolute Gasteiger partial charge is 0.255 e. The zero-order valence-corrected chi connectivity index (χ0v) is 16.0. The number of aliphatic hydroxyl groups excluding tert-OH is 1. The average Bonchev–Trinajstić information content (AvgIpc) is 2.68. The third kappa shape index (κ3) is 4.03. The Morgan fingerprint density at radius 1 is 1.07 bits per heavy atom. The molecule has 0 saturated carbocycles. The van der Waals surface area contributed by atoms with Crippen LogP contribution in [0.25, 0.3) is 0 Å². The van der Waals surface area contributed by atoms with E-state index in [0.29, 0.717) is 11.3 Å². The molecule has 5 nitrogen and oxygen atoms in total. The summed E-state index contributed by atoms with van der Waals surface area (Å²) in [6.07, 6.45) is 0.660. The summed E-state index contributed by atoms with van der Waals surface area (Å²) < 4.78 is 0. The molecule has 1 amide bonds. The average molecular weight is 377 g/mol. The third-order valence-corrected chi connectivity index (χ3v) is 5.07. The number of rotatable bonds is 5. The lowest BCUT2D eigenvalue weighted by Crippen LogP contribution is -2.23. The number of nitrogens with one attached hydrogen (secondary N) is 1. The van der Waals surface area contributed by atoms with E-state index in [1.165, 1.54) is 0 Å². The van der Waals surface area contributed by atoms with Gasteiger partial charge in [0.1, 0.15) is 5.76 Å². The fraction of sp³-hybridized carbons (Fsp3) is 0.261. The highest BCUT2D eigenvalue weighted by Gasteiger charge is 2.31. The molecule has 0 radical (unpaired) electrons. The Kier molecular flexibility index (Phi) is 5.73. The SMILES string of the molecule is CCC(=O)C1=C(O)CC(c2ccc(NC(=O)c3ccccc3C)cc2)CC1=O. The monoisotopic (exact) mass is 377 g/mol. The van der Waals surface area contributed by atoms with Crippen molar-refractivity contribution < 1.29 is 19.5 Å². The minimum Gasteiger partial charge on any atom is -0.511 e. The van der Waals surface area contributed by atoms with Crippen LogP contribution in [-0.2, 0) is 9.59 Å². The van der Waals surface area contributed by atoms with Crippen LogP contribution < -0.4 is 5.32 Å². The van der Waals surface area contributed by atoms with Gasteiger partial charge in [0, 0.05) is 30.5 Å². The molecule has 2 aromatic carbocycles. The number of allylic oxidation sites excluding steroid dienone is 2. The van der Waals surface area contributed by atoms with Crippen molar-refractivity contribution in [3.63, 3.8) is 0 Å². The Labute approximate surface area is 164 Å². The number of hydrogen-bond acceptors (Lipinski definition) is 4. The van der Waals surface area contributed by atoms with Gasteiger partial charge >= 0.3 is 0 Å². The van der Waals surface area contributed by atoms with Gasteiger partial charge in [-0.3, -0.25) is 14.4 Å². The largest absolute Gasteiger partial charge is 0.511 e. The lowest BCUT2D eigenvalue weighted by molar-refractivity contribution is -0.122. The highest BCUT2D eigenvalue weighted by atomic mass is 16.3. The quantitative estimate of drug-likeness (QED) is 0.752. The minimum atomic E-state index is -0.310. The van der Waals surface area contributed by atoms with E-state index in [1.807, 2.05) is 37.3 Å². The predicted molar refractivity (Wildman–Crippen MR) is 108 cm³/mol. The van der Waals surface area contributed by atoms with E-state index in [-0.39, 0.29) is 54.0 Å². The lowest BCUT2D eigenvalue weighted by atomic mass is 9.81. The topological polar surface area (TPSA) is 83.5 Å². The number of hydrogen-bond donors (Lipinski definition) is 2. The number of anilines is 1. The number of amides is 1. The Balaban J connectivity index is 1.72. The Morgan fingerprint density at radius 3 is 2.36 bits per heavy atom. The zero-order valence-electron chi connectivity index (χ0n) is 16.0. The van der Waals surface area contributed by atoms with Crippen molar-refractivity contribution >= 4 is 23.2 Å². The standard InChI is InChI=1S/C23H23NO4/c1-3-19(25)22-20(26)12-16(13-21(22)27)15-8-10-17(11-9-15)24-23(28)18-7-5-4-6-14(18)2/h4-11,16,26H,3,12-13H2,1-2H3,(H,24,28). The summed E-state index contributed by atoms with van der Waals surface area (Å²) in [7, 11) is 0. The van der Waals surface area contributed by atoms with Gasteiger partial charge < -0.3 is 10.4 Å². The number of carbonyl (C=O) groups is 3. The van der Waals surface area contributed by atoms with Gasteiger partial charge in [0.25, 0.3) is 5.91 Å². The lowest BCUT2D eigenvalue weighted by Gasteiger charge is -2.23. The van der Waals surface area contributed by atoms with Crippen LogP contribution in [0, 0.1) is 6.92 Å². The first-order chi connectivity index (χ1) is 13.4. The molecule has 0 aliphatic heterocycles. The highest BCUT2D eigenvalue weighted by molar-refractivity contribution is 6.21. The van der Waals surface area contributed by atoms with Gasteiger partial charge in [-0.15, -0.1) is 0 Å². The first-order valence-electron chi connectivity index (χ1n) is 9.36. The van der Waals surface area contributed by atoms with Gasteiger partial charge in [-0.25, -0.2) is 0 Å². The maximum Gasteiger partial charge on any atom is 0.255 e. The molecule has 3 rings (SSSR count).